The van der Waals surface area contributed by atoms with E-state index in [-0.39, 0.29) is 17.7 Å². The van der Waals surface area contributed by atoms with Crippen LogP contribution in [0.2, 0.25) is 0 Å². The van der Waals surface area contributed by atoms with Crippen molar-refractivity contribution in [2.24, 2.45) is 5.92 Å². The second kappa shape index (κ2) is 11.4. The predicted octanol–water partition coefficient (Wildman–Crippen LogP) is 5.30. The van der Waals surface area contributed by atoms with Crippen LogP contribution in [0.4, 0.5) is 10.5 Å². The first-order chi connectivity index (χ1) is 16.2. The first-order valence-electron chi connectivity index (χ1n) is 11.9. The number of amides is 3. The van der Waals surface area contributed by atoms with Gasteiger partial charge in [-0.05, 0) is 64.2 Å². The number of alkyl carbamates (subject to hydrolysis) is 1. The van der Waals surface area contributed by atoms with E-state index in [4.69, 9.17) is 4.74 Å². The number of rotatable bonds is 7. The summed E-state index contributed by atoms with van der Waals surface area (Å²) < 4.78 is 5.36. The quantitative estimate of drug-likeness (QED) is 0.562. The smallest absolute Gasteiger partial charge is 0.408 e. The predicted molar refractivity (Wildman–Crippen MR) is 139 cm³/mol. The van der Waals surface area contributed by atoms with Gasteiger partial charge in [-0.1, -0.05) is 61.9 Å². The molecule has 0 fully saturated rings. The zero-order valence-electron chi connectivity index (χ0n) is 22.4. The van der Waals surface area contributed by atoms with E-state index in [0.717, 1.165) is 22.4 Å². The Kier molecular flexibility index (Phi) is 9.07. The average molecular weight is 482 g/mol. The molecule has 2 atom stereocenters. The molecular weight excluding hydrogens is 442 g/mol. The normalized spacial score (nSPS) is 13.1. The molecule has 0 saturated heterocycles. The lowest BCUT2D eigenvalue weighted by Gasteiger charge is -2.33. The zero-order valence-corrected chi connectivity index (χ0v) is 22.4. The third-order valence-corrected chi connectivity index (χ3v) is 5.71. The summed E-state index contributed by atoms with van der Waals surface area (Å²) in [5.41, 5.74) is 3.61. The Balaban J connectivity index is 2.40. The second-order valence-corrected chi connectivity index (χ2v) is 10.4. The molecule has 3 amide bonds. The molecular formula is C28H39N3O4. The van der Waals surface area contributed by atoms with Crippen molar-refractivity contribution in [2.45, 2.75) is 73.1 Å². The van der Waals surface area contributed by atoms with Crippen molar-refractivity contribution < 1.29 is 19.1 Å². The monoisotopic (exact) mass is 481 g/mol. The van der Waals surface area contributed by atoms with Crippen LogP contribution in [0.3, 0.4) is 0 Å². The molecule has 2 N–H and O–H groups in total. The Morgan fingerprint density at radius 3 is 1.94 bits per heavy atom. The summed E-state index contributed by atoms with van der Waals surface area (Å²) in [6.07, 6.45) is -0.676. The van der Waals surface area contributed by atoms with Crippen LogP contribution in [-0.2, 0) is 14.3 Å². The minimum absolute atomic E-state index is 0.224. The lowest BCUT2D eigenvalue weighted by molar-refractivity contribution is -0.140. The molecule has 0 bridgehead atoms. The van der Waals surface area contributed by atoms with Gasteiger partial charge < -0.3 is 20.3 Å². The number of hydrogen-bond donors (Lipinski definition) is 2. The van der Waals surface area contributed by atoms with E-state index in [2.05, 4.69) is 10.6 Å². The highest BCUT2D eigenvalue weighted by atomic mass is 16.6. The molecule has 0 aliphatic carbocycles. The second-order valence-electron chi connectivity index (χ2n) is 10.4. The minimum atomic E-state index is -0.899. The Labute approximate surface area is 209 Å². The van der Waals surface area contributed by atoms with Crippen molar-refractivity contribution in [1.29, 1.82) is 0 Å². The molecule has 2 rings (SSSR count). The molecule has 0 radical (unpaired) electrons. The first-order valence-corrected chi connectivity index (χ1v) is 11.9. The van der Waals surface area contributed by atoms with Crippen LogP contribution in [0.25, 0.3) is 0 Å². The van der Waals surface area contributed by atoms with Gasteiger partial charge in [0.25, 0.3) is 5.91 Å². The van der Waals surface area contributed by atoms with Crippen molar-refractivity contribution in [3.05, 3.63) is 64.7 Å². The number of anilines is 1. The summed E-state index contributed by atoms with van der Waals surface area (Å²) in [6, 6.07) is 11.5. The summed E-state index contributed by atoms with van der Waals surface area (Å²) in [6.45, 7) is 14.8. The number of para-hydroxylation sites is 1. The largest absolute Gasteiger partial charge is 0.444 e. The molecule has 7 heteroatoms. The van der Waals surface area contributed by atoms with Gasteiger partial charge in [0.1, 0.15) is 17.7 Å². The molecule has 2 unspecified atom stereocenters. The lowest BCUT2D eigenvalue weighted by atomic mass is 9.98. The van der Waals surface area contributed by atoms with E-state index in [1.807, 2.05) is 77.1 Å². The van der Waals surface area contributed by atoms with Crippen molar-refractivity contribution >= 4 is 23.6 Å². The molecule has 0 aromatic heterocycles. The van der Waals surface area contributed by atoms with Gasteiger partial charge in [-0.2, -0.15) is 0 Å². The van der Waals surface area contributed by atoms with Gasteiger partial charge in [-0.15, -0.1) is 0 Å². The maximum atomic E-state index is 13.6. The number of benzene rings is 2. The average Bonchev–Trinajstić information content (AvgIpc) is 2.74. The molecule has 2 aromatic rings. The third kappa shape index (κ3) is 7.57. The van der Waals surface area contributed by atoms with Crippen molar-refractivity contribution in [2.75, 3.05) is 12.4 Å². The SMILES string of the molecule is Cc1ccc(C(C(=O)Nc2c(C)cccc2C)N(C)C(=O)C(NC(=O)OC(C)(C)C)C(C)C)cc1. The number of likely N-dealkylation sites (N-methyl/N-ethyl adjacent to an activating group) is 1. The van der Waals surface area contributed by atoms with E-state index < -0.39 is 23.8 Å². The van der Waals surface area contributed by atoms with E-state index in [9.17, 15) is 14.4 Å². The van der Waals surface area contributed by atoms with Gasteiger partial charge in [0.2, 0.25) is 5.91 Å². The number of nitrogens with one attached hydrogen (secondary N) is 2. The fourth-order valence-corrected chi connectivity index (χ4v) is 3.80. The summed E-state index contributed by atoms with van der Waals surface area (Å²) in [4.78, 5) is 41.1. The minimum Gasteiger partial charge on any atom is -0.444 e. The fourth-order valence-electron chi connectivity index (χ4n) is 3.80. The number of ether oxygens (including phenoxy) is 1. The standard InChI is InChI=1S/C28H39N3O4/c1-17(2)22(30-27(34)35-28(6,7)8)26(33)31(9)24(21-15-13-18(3)14-16-21)25(32)29-23-19(4)11-10-12-20(23)5/h10-17,22,24H,1-9H3,(H,29,32)(H,30,34). The summed E-state index contributed by atoms with van der Waals surface area (Å²) in [7, 11) is 1.59. The highest BCUT2D eigenvalue weighted by molar-refractivity contribution is 5.99. The van der Waals surface area contributed by atoms with Crippen molar-refractivity contribution in [3.8, 4) is 0 Å². The van der Waals surface area contributed by atoms with E-state index >= 15 is 0 Å². The molecule has 0 saturated carbocycles. The zero-order chi connectivity index (χ0) is 26.5. The van der Waals surface area contributed by atoms with Gasteiger partial charge in [0.05, 0.1) is 0 Å². The molecule has 35 heavy (non-hydrogen) atoms. The number of nitrogens with zero attached hydrogens (tertiary/aromatic N) is 1. The third-order valence-electron chi connectivity index (χ3n) is 5.71. The number of hydrogen-bond acceptors (Lipinski definition) is 4. The number of aryl methyl sites for hydroxylation is 3. The van der Waals surface area contributed by atoms with Gasteiger partial charge in [-0.25, -0.2) is 4.79 Å². The van der Waals surface area contributed by atoms with Crippen LogP contribution >= 0.6 is 0 Å². The van der Waals surface area contributed by atoms with Crippen LogP contribution in [0.1, 0.15) is 62.9 Å². The van der Waals surface area contributed by atoms with Gasteiger partial charge in [-0.3, -0.25) is 9.59 Å². The first kappa shape index (κ1) is 27.9. The highest BCUT2D eigenvalue weighted by Crippen LogP contribution is 2.27. The van der Waals surface area contributed by atoms with Crippen molar-refractivity contribution in [3.63, 3.8) is 0 Å². The fraction of sp³-hybridized carbons (Fsp3) is 0.464. The molecule has 0 spiro atoms. The molecule has 0 aliphatic rings. The van der Waals surface area contributed by atoms with E-state index in [0.29, 0.717) is 5.56 Å². The van der Waals surface area contributed by atoms with E-state index in [1.165, 1.54) is 4.90 Å². The van der Waals surface area contributed by atoms with Gasteiger partial charge in [0.15, 0.2) is 0 Å². The van der Waals surface area contributed by atoms with Crippen LogP contribution in [0, 0.1) is 26.7 Å². The molecule has 7 nitrogen and oxygen atoms in total. The molecule has 190 valence electrons. The summed E-state index contributed by atoms with van der Waals surface area (Å²) in [5.74, 6) is -0.937. The Morgan fingerprint density at radius 2 is 1.46 bits per heavy atom. The summed E-state index contributed by atoms with van der Waals surface area (Å²) >= 11 is 0. The van der Waals surface area contributed by atoms with Crippen LogP contribution in [0.5, 0.6) is 0 Å². The van der Waals surface area contributed by atoms with Gasteiger partial charge >= 0.3 is 6.09 Å². The number of carbonyl (C=O) groups excluding carboxylic acids is 3. The van der Waals surface area contributed by atoms with E-state index in [1.54, 1.807) is 27.8 Å². The van der Waals surface area contributed by atoms with Crippen LogP contribution in [0.15, 0.2) is 42.5 Å². The van der Waals surface area contributed by atoms with Crippen LogP contribution in [-0.4, -0.2) is 41.5 Å². The summed E-state index contributed by atoms with van der Waals surface area (Å²) in [5, 5.41) is 5.71. The Hall–Kier alpha value is -3.35. The highest BCUT2D eigenvalue weighted by Gasteiger charge is 2.35. The Bertz CT molecular complexity index is 1030. The molecule has 0 heterocycles. The Morgan fingerprint density at radius 1 is 0.914 bits per heavy atom. The van der Waals surface area contributed by atoms with Gasteiger partial charge in [0, 0.05) is 12.7 Å². The van der Waals surface area contributed by atoms with Crippen LogP contribution < -0.4 is 10.6 Å². The topological polar surface area (TPSA) is 87.7 Å². The molecule has 2 aromatic carbocycles. The maximum absolute atomic E-state index is 13.6. The lowest BCUT2D eigenvalue weighted by Crippen LogP contribution is -2.53. The van der Waals surface area contributed by atoms with Crippen molar-refractivity contribution in [1.82, 2.24) is 10.2 Å². The molecule has 0 aliphatic heterocycles. The number of carbonyl (C=O) groups is 3. The maximum Gasteiger partial charge on any atom is 0.408 e.